The number of carbonyl (C=O) groups excluding carboxylic acids is 1. The van der Waals surface area contributed by atoms with Gasteiger partial charge in [-0.15, -0.1) is 0 Å². The summed E-state index contributed by atoms with van der Waals surface area (Å²) >= 11 is 0. The molecule has 4 heteroatoms. The second-order valence-corrected chi connectivity index (χ2v) is 4.42. The first-order valence-electron chi connectivity index (χ1n) is 5.81. The second kappa shape index (κ2) is 5.04. The Hall–Kier alpha value is -2.10. The molecule has 2 aromatic rings. The SMILES string of the molecule is Cc1cc(C(=O)N(C)Cc2ccccc2C)on1. The van der Waals surface area contributed by atoms with Crippen LogP contribution in [0.5, 0.6) is 0 Å². The molecule has 0 radical (unpaired) electrons. The molecule has 0 N–H and O–H groups in total. The summed E-state index contributed by atoms with van der Waals surface area (Å²) in [6.07, 6.45) is 0. The second-order valence-electron chi connectivity index (χ2n) is 4.42. The van der Waals surface area contributed by atoms with E-state index in [2.05, 4.69) is 5.16 Å². The summed E-state index contributed by atoms with van der Waals surface area (Å²) in [5.41, 5.74) is 3.01. The highest BCUT2D eigenvalue weighted by Crippen LogP contribution is 2.12. The number of hydrogen-bond donors (Lipinski definition) is 0. The van der Waals surface area contributed by atoms with Crippen LogP contribution in [0.1, 0.15) is 27.4 Å². The first kappa shape index (κ1) is 12.4. The lowest BCUT2D eigenvalue weighted by Crippen LogP contribution is -2.26. The van der Waals surface area contributed by atoms with Crippen LogP contribution in [-0.2, 0) is 6.54 Å². The molecule has 0 aliphatic carbocycles. The van der Waals surface area contributed by atoms with Gasteiger partial charge in [-0.1, -0.05) is 29.4 Å². The van der Waals surface area contributed by atoms with Crippen molar-refractivity contribution in [2.45, 2.75) is 20.4 Å². The predicted molar refractivity (Wildman–Crippen MR) is 68.2 cm³/mol. The van der Waals surface area contributed by atoms with Gasteiger partial charge in [-0.25, -0.2) is 0 Å². The van der Waals surface area contributed by atoms with Gasteiger partial charge in [0.25, 0.3) is 5.91 Å². The highest BCUT2D eigenvalue weighted by molar-refractivity contribution is 5.91. The van der Waals surface area contributed by atoms with Crippen molar-refractivity contribution < 1.29 is 9.32 Å². The first-order chi connectivity index (χ1) is 8.58. The van der Waals surface area contributed by atoms with Crippen molar-refractivity contribution in [1.82, 2.24) is 10.1 Å². The van der Waals surface area contributed by atoms with Crippen LogP contribution in [0.3, 0.4) is 0 Å². The highest BCUT2D eigenvalue weighted by atomic mass is 16.5. The van der Waals surface area contributed by atoms with E-state index in [9.17, 15) is 4.79 Å². The van der Waals surface area contributed by atoms with Crippen LogP contribution >= 0.6 is 0 Å². The Morgan fingerprint density at radius 2 is 2.06 bits per heavy atom. The molecular formula is C14H16N2O2. The number of hydrogen-bond acceptors (Lipinski definition) is 3. The molecular weight excluding hydrogens is 228 g/mol. The van der Waals surface area contributed by atoms with E-state index in [0.29, 0.717) is 12.2 Å². The van der Waals surface area contributed by atoms with Crippen LogP contribution in [0, 0.1) is 13.8 Å². The molecule has 0 bridgehead atoms. The van der Waals surface area contributed by atoms with Gasteiger partial charge in [-0.3, -0.25) is 4.79 Å². The third-order valence-electron chi connectivity index (χ3n) is 2.85. The van der Waals surface area contributed by atoms with Crippen molar-refractivity contribution in [1.29, 1.82) is 0 Å². The molecule has 0 aliphatic heterocycles. The minimum atomic E-state index is -0.154. The van der Waals surface area contributed by atoms with Gasteiger partial charge < -0.3 is 9.42 Å². The fourth-order valence-electron chi connectivity index (χ4n) is 1.77. The molecule has 1 aromatic heterocycles. The van der Waals surface area contributed by atoms with Gasteiger partial charge >= 0.3 is 0 Å². The molecule has 18 heavy (non-hydrogen) atoms. The van der Waals surface area contributed by atoms with E-state index in [4.69, 9.17) is 4.52 Å². The zero-order valence-corrected chi connectivity index (χ0v) is 10.8. The molecule has 0 spiro atoms. The smallest absolute Gasteiger partial charge is 0.292 e. The topological polar surface area (TPSA) is 46.3 Å². The Kier molecular flexibility index (Phi) is 3.46. The van der Waals surface area contributed by atoms with Gasteiger partial charge in [0.15, 0.2) is 0 Å². The fraction of sp³-hybridized carbons (Fsp3) is 0.286. The van der Waals surface area contributed by atoms with Crippen molar-refractivity contribution in [3.63, 3.8) is 0 Å². The molecule has 1 aromatic carbocycles. The lowest BCUT2D eigenvalue weighted by atomic mass is 10.1. The van der Waals surface area contributed by atoms with Gasteiger partial charge in [0.1, 0.15) is 0 Å². The average molecular weight is 244 g/mol. The zero-order valence-electron chi connectivity index (χ0n) is 10.8. The number of amides is 1. The molecule has 0 atom stereocenters. The number of carbonyl (C=O) groups is 1. The quantitative estimate of drug-likeness (QED) is 0.833. The molecule has 1 amide bonds. The Morgan fingerprint density at radius 1 is 1.33 bits per heavy atom. The minimum Gasteiger partial charge on any atom is -0.351 e. The van der Waals surface area contributed by atoms with Crippen molar-refractivity contribution in [2.75, 3.05) is 7.05 Å². The predicted octanol–water partition coefficient (Wildman–Crippen LogP) is 2.56. The standard InChI is InChI=1S/C14H16N2O2/c1-10-6-4-5-7-12(10)9-16(3)14(17)13-8-11(2)15-18-13/h4-8H,9H2,1-3H3. The van der Waals surface area contributed by atoms with Crippen molar-refractivity contribution in [3.8, 4) is 0 Å². The Balaban J connectivity index is 2.11. The summed E-state index contributed by atoms with van der Waals surface area (Å²) in [5.74, 6) is 0.127. The van der Waals surface area contributed by atoms with E-state index in [0.717, 1.165) is 5.56 Å². The largest absolute Gasteiger partial charge is 0.351 e. The van der Waals surface area contributed by atoms with Gasteiger partial charge in [0.05, 0.1) is 5.69 Å². The molecule has 2 rings (SSSR count). The Labute approximate surface area is 106 Å². The third-order valence-corrected chi connectivity index (χ3v) is 2.85. The van der Waals surface area contributed by atoms with Crippen LogP contribution in [0.2, 0.25) is 0 Å². The van der Waals surface area contributed by atoms with Crippen molar-refractivity contribution >= 4 is 5.91 Å². The van der Waals surface area contributed by atoms with Crippen LogP contribution in [0.4, 0.5) is 0 Å². The molecule has 94 valence electrons. The highest BCUT2D eigenvalue weighted by Gasteiger charge is 2.17. The normalized spacial score (nSPS) is 10.4. The van der Waals surface area contributed by atoms with E-state index in [-0.39, 0.29) is 11.7 Å². The molecule has 4 nitrogen and oxygen atoms in total. The summed E-state index contributed by atoms with van der Waals surface area (Å²) in [6, 6.07) is 9.66. The van der Waals surface area contributed by atoms with Crippen LogP contribution in [0.15, 0.2) is 34.9 Å². The summed E-state index contributed by atoms with van der Waals surface area (Å²) in [6.45, 7) is 4.39. The maximum Gasteiger partial charge on any atom is 0.292 e. The molecule has 0 unspecified atom stereocenters. The van der Waals surface area contributed by atoms with Crippen molar-refractivity contribution in [2.24, 2.45) is 0 Å². The van der Waals surface area contributed by atoms with E-state index >= 15 is 0 Å². The maximum absolute atomic E-state index is 12.1. The summed E-state index contributed by atoms with van der Waals surface area (Å²) in [4.78, 5) is 13.7. The van der Waals surface area contributed by atoms with E-state index in [1.54, 1.807) is 24.9 Å². The lowest BCUT2D eigenvalue weighted by Gasteiger charge is -2.16. The first-order valence-corrected chi connectivity index (χ1v) is 5.81. The summed E-state index contributed by atoms with van der Waals surface area (Å²) < 4.78 is 4.97. The maximum atomic E-state index is 12.1. The molecule has 1 heterocycles. The number of benzene rings is 1. The van der Waals surface area contributed by atoms with Crippen LogP contribution in [-0.4, -0.2) is 23.0 Å². The molecule has 0 aliphatic rings. The Morgan fingerprint density at radius 3 is 2.67 bits per heavy atom. The lowest BCUT2D eigenvalue weighted by molar-refractivity contribution is 0.0743. The third kappa shape index (κ3) is 2.59. The number of nitrogens with zero attached hydrogens (tertiary/aromatic N) is 2. The number of aryl methyl sites for hydroxylation is 2. The fourth-order valence-corrected chi connectivity index (χ4v) is 1.77. The van der Waals surface area contributed by atoms with Gasteiger partial charge in [0.2, 0.25) is 5.76 Å². The summed E-state index contributed by atoms with van der Waals surface area (Å²) in [5, 5.41) is 3.72. The van der Waals surface area contributed by atoms with E-state index in [1.165, 1.54) is 5.56 Å². The molecule has 0 fully saturated rings. The van der Waals surface area contributed by atoms with Gasteiger partial charge in [0, 0.05) is 19.7 Å². The van der Waals surface area contributed by atoms with E-state index in [1.807, 2.05) is 31.2 Å². The average Bonchev–Trinajstić information content (AvgIpc) is 2.78. The van der Waals surface area contributed by atoms with Crippen LogP contribution < -0.4 is 0 Å². The van der Waals surface area contributed by atoms with Crippen LogP contribution in [0.25, 0.3) is 0 Å². The van der Waals surface area contributed by atoms with E-state index < -0.39 is 0 Å². The monoisotopic (exact) mass is 244 g/mol. The molecule has 0 saturated carbocycles. The number of aromatic nitrogens is 1. The zero-order chi connectivity index (χ0) is 13.1. The Bertz CT molecular complexity index is 560. The minimum absolute atomic E-state index is 0.154. The number of rotatable bonds is 3. The van der Waals surface area contributed by atoms with Crippen molar-refractivity contribution in [3.05, 3.63) is 52.9 Å². The van der Waals surface area contributed by atoms with Gasteiger partial charge in [-0.2, -0.15) is 0 Å². The van der Waals surface area contributed by atoms with Gasteiger partial charge in [-0.05, 0) is 25.0 Å². The molecule has 0 saturated heterocycles. The summed E-state index contributed by atoms with van der Waals surface area (Å²) in [7, 11) is 1.76.